The summed E-state index contributed by atoms with van der Waals surface area (Å²) in [5.41, 5.74) is -2.21. The van der Waals surface area contributed by atoms with Crippen molar-refractivity contribution >= 4 is 6.09 Å². The Balaban J connectivity index is 1.76. The van der Waals surface area contributed by atoms with E-state index in [1.54, 1.807) is 19.1 Å². The maximum Gasteiger partial charge on any atom is 0.428 e. The zero-order valence-corrected chi connectivity index (χ0v) is 18.2. The van der Waals surface area contributed by atoms with E-state index in [1.165, 1.54) is 18.2 Å². The van der Waals surface area contributed by atoms with Crippen LogP contribution in [0.25, 0.3) is 0 Å². The summed E-state index contributed by atoms with van der Waals surface area (Å²) in [5.74, 6) is -0.393. The van der Waals surface area contributed by atoms with Gasteiger partial charge in [0.05, 0.1) is 17.2 Å². The van der Waals surface area contributed by atoms with Gasteiger partial charge in [0.1, 0.15) is 5.82 Å². The van der Waals surface area contributed by atoms with Crippen molar-refractivity contribution < 1.29 is 40.4 Å². The van der Waals surface area contributed by atoms with Gasteiger partial charge in [-0.1, -0.05) is 12.1 Å². The van der Waals surface area contributed by atoms with Crippen molar-refractivity contribution in [2.75, 3.05) is 26.7 Å². The van der Waals surface area contributed by atoms with E-state index in [1.807, 2.05) is 0 Å². The van der Waals surface area contributed by atoms with Crippen LogP contribution in [0.4, 0.5) is 35.5 Å². The molecule has 2 aromatic carbocycles. The standard InChI is InChI=1S/C22H22F7N3O2/c1-13-7-15(3-4-18(13)23)19-11-30-5-6-32(19)34-20(33)31(2)12-14-8-16(21(24,25)26)10-17(9-14)22(27,28)29/h3-4,7-10,19,30H,5-6,11-12H2,1-2H3. The van der Waals surface area contributed by atoms with Crippen LogP contribution >= 0.6 is 0 Å². The Bertz CT molecular complexity index is 1010. The van der Waals surface area contributed by atoms with Gasteiger partial charge >= 0.3 is 18.4 Å². The monoisotopic (exact) mass is 493 g/mol. The first kappa shape index (κ1) is 25.8. The molecule has 1 heterocycles. The Kier molecular flexibility index (Phi) is 7.41. The largest absolute Gasteiger partial charge is 0.428 e. The Hall–Kier alpha value is -2.86. The van der Waals surface area contributed by atoms with E-state index in [4.69, 9.17) is 4.84 Å². The van der Waals surface area contributed by atoms with Crippen LogP contribution in [0.15, 0.2) is 36.4 Å². The highest BCUT2D eigenvalue weighted by molar-refractivity contribution is 5.67. The Morgan fingerprint density at radius 1 is 1.09 bits per heavy atom. The number of nitrogens with zero attached hydrogens (tertiary/aromatic N) is 2. The Morgan fingerprint density at radius 3 is 2.26 bits per heavy atom. The van der Waals surface area contributed by atoms with Crippen LogP contribution < -0.4 is 5.32 Å². The lowest BCUT2D eigenvalue weighted by Crippen LogP contribution is -2.48. The summed E-state index contributed by atoms with van der Waals surface area (Å²) in [6.45, 7) is 2.16. The van der Waals surface area contributed by atoms with Gasteiger partial charge in [-0.3, -0.25) is 0 Å². The summed E-state index contributed by atoms with van der Waals surface area (Å²) in [5, 5.41) is 4.48. The smallest absolute Gasteiger partial charge is 0.350 e. The third-order valence-corrected chi connectivity index (χ3v) is 5.34. The molecule has 1 atom stereocenters. The molecule has 3 rings (SSSR count). The molecule has 1 aliphatic rings. The zero-order valence-electron chi connectivity index (χ0n) is 18.2. The predicted octanol–water partition coefficient (Wildman–Crippen LogP) is 5.30. The quantitative estimate of drug-likeness (QED) is 0.588. The number of nitrogens with one attached hydrogen (secondary N) is 1. The fourth-order valence-electron chi connectivity index (χ4n) is 3.57. The van der Waals surface area contributed by atoms with Gasteiger partial charge < -0.3 is 15.1 Å². The average Bonchev–Trinajstić information content (AvgIpc) is 2.74. The van der Waals surface area contributed by atoms with Gasteiger partial charge in [-0.05, 0) is 47.9 Å². The molecule has 0 bridgehead atoms. The van der Waals surface area contributed by atoms with E-state index in [-0.39, 0.29) is 18.2 Å². The molecule has 186 valence electrons. The number of hydrogen-bond donors (Lipinski definition) is 1. The van der Waals surface area contributed by atoms with Crippen LogP contribution in [0, 0.1) is 12.7 Å². The van der Waals surface area contributed by atoms with Crippen LogP contribution in [-0.2, 0) is 23.7 Å². The van der Waals surface area contributed by atoms with E-state index in [0.29, 0.717) is 36.3 Å². The second kappa shape index (κ2) is 9.79. The van der Waals surface area contributed by atoms with Crippen LogP contribution in [-0.4, -0.2) is 42.7 Å². The molecular formula is C22H22F7N3O2. The van der Waals surface area contributed by atoms with Crippen LogP contribution in [0.5, 0.6) is 0 Å². The third-order valence-electron chi connectivity index (χ3n) is 5.34. The number of rotatable bonds is 4. The van der Waals surface area contributed by atoms with Crippen molar-refractivity contribution in [1.29, 1.82) is 0 Å². The van der Waals surface area contributed by atoms with Crippen LogP contribution in [0.3, 0.4) is 0 Å². The first-order valence-corrected chi connectivity index (χ1v) is 10.2. The number of amides is 1. The molecule has 0 aromatic heterocycles. The van der Waals surface area contributed by atoms with Crippen molar-refractivity contribution in [3.05, 3.63) is 70.0 Å². The fraction of sp³-hybridized carbons (Fsp3) is 0.409. The molecule has 1 saturated heterocycles. The molecule has 1 fully saturated rings. The molecule has 5 nitrogen and oxygen atoms in total. The highest BCUT2D eigenvalue weighted by Crippen LogP contribution is 2.36. The van der Waals surface area contributed by atoms with Gasteiger partial charge in [-0.25, -0.2) is 9.18 Å². The lowest BCUT2D eigenvalue weighted by atomic mass is 10.0. The molecule has 0 radical (unpaired) electrons. The second-order valence-corrected chi connectivity index (χ2v) is 8.00. The van der Waals surface area contributed by atoms with E-state index < -0.39 is 48.0 Å². The zero-order chi connectivity index (χ0) is 25.3. The maximum absolute atomic E-state index is 13.6. The van der Waals surface area contributed by atoms with Crippen molar-refractivity contribution in [2.45, 2.75) is 31.9 Å². The number of halogens is 7. The summed E-state index contributed by atoms with van der Waals surface area (Å²) in [6.07, 6.45) is -10.9. The molecule has 1 amide bonds. The highest BCUT2D eigenvalue weighted by atomic mass is 19.4. The number of piperazine rings is 1. The summed E-state index contributed by atoms with van der Waals surface area (Å²) < 4.78 is 92.2. The summed E-state index contributed by atoms with van der Waals surface area (Å²) >= 11 is 0. The summed E-state index contributed by atoms with van der Waals surface area (Å²) in [6, 6.07) is 5.14. The summed E-state index contributed by atoms with van der Waals surface area (Å²) in [7, 11) is 1.20. The number of hydrogen-bond acceptors (Lipinski definition) is 4. The second-order valence-electron chi connectivity index (χ2n) is 8.00. The van der Waals surface area contributed by atoms with E-state index >= 15 is 0 Å². The minimum atomic E-state index is -4.99. The lowest BCUT2D eigenvalue weighted by molar-refractivity contribution is -0.150. The van der Waals surface area contributed by atoms with Gasteiger partial charge in [0.25, 0.3) is 0 Å². The number of carbonyl (C=O) groups is 1. The first-order valence-electron chi connectivity index (χ1n) is 10.2. The molecule has 0 aliphatic carbocycles. The predicted molar refractivity (Wildman–Crippen MR) is 108 cm³/mol. The average molecular weight is 493 g/mol. The van der Waals surface area contributed by atoms with Crippen molar-refractivity contribution in [1.82, 2.24) is 15.3 Å². The number of aryl methyl sites for hydroxylation is 1. The van der Waals surface area contributed by atoms with Gasteiger partial charge in [0.2, 0.25) is 0 Å². The fourth-order valence-corrected chi connectivity index (χ4v) is 3.57. The minimum absolute atomic E-state index is 0.0256. The van der Waals surface area contributed by atoms with Crippen molar-refractivity contribution in [3.8, 4) is 0 Å². The van der Waals surface area contributed by atoms with Crippen LogP contribution in [0.1, 0.15) is 33.9 Å². The lowest BCUT2D eigenvalue weighted by Gasteiger charge is -2.35. The molecule has 1 aliphatic heterocycles. The summed E-state index contributed by atoms with van der Waals surface area (Å²) in [4.78, 5) is 18.9. The molecular weight excluding hydrogens is 471 g/mol. The number of benzene rings is 2. The molecule has 1 N–H and O–H groups in total. The molecule has 0 spiro atoms. The number of hydroxylamine groups is 2. The highest BCUT2D eigenvalue weighted by Gasteiger charge is 2.37. The van der Waals surface area contributed by atoms with Crippen molar-refractivity contribution in [3.63, 3.8) is 0 Å². The van der Waals surface area contributed by atoms with Gasteiger partial charge in [-0.15, -0.1) is 5.06 Å². The normalized spacial score (nSPS) is 17.5. The minimum Gasteiger partial charge on any atom is -0.350 e. The Morgan fingerprint density at radius 2 is 1.71 bits per heavy atom. The molecule has 2 aromatic rings. The molecule has 34 heavy (non-hydrogen) atoms. The molecule has 0 saturated carbocycles. The molecule has 1 unspecified atom stereocenters. The Labute approximate surface area is 191 Å². The topological polar surface area (TPSA) is 44.8 Å². The SMILES string of the molecule is Cc1cc(C2CNCCN2OC(=O)N(C)Cc2cc(C(F)(F)F)cc(C(F)(F)F)c2)ccc1F. The first-order chi connectivity index (χ1) is 15.8. The third kappa shape index (κ3) is 6.17. The van der Waals surface area contributed by atoms with Gasteiger partial charge in [0.15, 0.2) is 0 Å². The van der Waals surface area contributed by atoms with Gasteiger partial charge in [0, 0.05) is 33.2 Å². The van der Waals surface area contributed by atoms with Crippen LogP contribution in [0.2, 0.25) is 0 Å². The van der Waals surface area contributed by atoms with E-state index in [0.717, 1.165) is 4.90 Å². The number of alkyl halides is 6. The maximum atomic E-state index is 13.6. The van der Waals surface area contributed by atoms with E-state index in [9.17, 15) is 35.5 Å². The van der Waals surface area contributed by atoms with Gasteiger partial charge in [-0.2, -0.15) is 26.3 Å². The van der Waals surface area contributed by atoms with Crippen molar-refractivity contribution in [2.24, 2.45) is 0 Å². The molecule has 12 heteroatoms. The van der Waals surface area contributed by atoms with E-state index in [2.05, 4.69) is 5.32 Å². The number of carbonyl (C=O) groups excluding carboxylic acids is 1.